The molecule has 0 saturated carbocycles. The second-order valence-corrected chi connectivity index (χ2v) is 8.45. The summed E-state index contributed by atoms with van der Waals surface area (Å²) < 4.78 is 44.8. The maximum Gasteiger partial charge on any atom is 0.246 e. The molecule has 1 aromatic carbocycles. The average Bonchev–Trinajstić information content (AvgIpc) is 2.84. The summed E-state index contributed by atoms with van der Waals surface area (Å²) in [6, 6.07) is 4.96. The number of aromatic nitrogens is 1. The predicted molar refractivity (Wildman–Crippen MR) is 91.4 cm³/mol. The molecule has 3 rings (SSSR count). The number of benzene rings is 1. The highest BCUT2D eigenvalue weighted by Gasteiger charge is 2.37. The second-order valence-electron chi connectivity index (χ2n) is 6.80. The fourth-order valence-corrected chi connectivity index (χ4v) is 4.71. The lowest BCUT2D eigenvalue weighted by atomic mass is 9.90. The van der Waals surface area contributed by atoms with E-state index in [1.165, 1.54) is 0 Å². The van der Waals surface area contributed by atoms with Gasteiger partial charge in [-0.25, -0.2) is 13.1 Å². The lowest BCUT2D eigenvalue weighted by molar-refractivity contribution is 0.0698. The first kappa shape index (κ1) is 17.8. The third-order valence-corrected chi connectivity index (χ3v) is 5.93. The number of rotatable bonds is 4. The van der Waals surface area contributed by atoms with E-state index in [0.29, 0.717) is 23.6 Å². The van der Waals surface area contributed by atoms with Gasteiger partial charge in [-0.3, -0.25) is 0 Å². The summed E-state index contributed by atoms with van der Waals surface area (Å²) in [5, 5.41) is 3.74. The number of ether oxygens (including phenoxy) is 2. The summed E-state index contributed by atoms with van der Waals surface area (Å²) in [7, 11) is -2.20. The molecule has 0 radical (unpaired) electrons. The molecule has 136 valence electrons. The van der Waals surface area contributed by atoms with Crippen molar-refractivity contribution in [2.75, 3.05) is 7.11 Å². The van der Waals surface area contributed by atoms with E-state index in [0.717, 1.165) is 5.56 Å². The molecule has 0 fully saturated rings. The minimum Gasteiger partial charge on any atom is -0.497 e. The summed E-state index contributed by atoms with van der Waals surface area (Å²) in [4.78, 5) is 0.0897. The molecule has 1 atom stereocenters. The largest absolute Gasteiger partial charge is 0.497 e. The van der Waals surface area contributed by atoms with Crippen molar-refractivity contribution >= 4 is 10.0 Å². The Morgan fingerprint density at radius 1 is 1.32 bits per heavy atom. The molecule has 2 aromatic rings. The third kappa shape index (κ3) is 3.36. The van der Waals surface area contributed by atoms with Crippen molar-refractivity contribution in [1.29, 1.82) is 0 Å². The molecule has 1 aliphatic rings. The van der Waals surface area contributed by atoms with Crippen molar-refractivity contribution in [1.82, 2.24) is 9.88 Å². The normalized spacial score (nSPS) is 19.2. The molecule has 0 aliphatic carbocycles. The van der Waals surface area contributed by atoms with E-state index >= 15 is 0 Å². The van der Waals surface area contributed by atoms with E-state index < -0.39 is 21.7 Å². The maximum atomic E-state index is 12.9. The zero-order valence-electron chi connectivity index (χ0n) is 14.9. The number of fused-ring (bicyclic) bond motifs is 1. The first-order valence-electron chi connectivity index (χ1n) is 7.95. The summed E-state index contributed by atoms with van der Waals surface area (Å²) in [6.45, 7) is 7.04. The highest BCUT2D eigenvalue weighted by molar-refractivity contribution is 7.89. The summed E-state index contributed by atoms with van der Waals surface area (Å²) in [6.07, 6.45) is 0.495. The molecule has 2 heterocycles. The van der Waals surface area contributed by atoms with Gasteiger partial charge in [0.25, 0.3) is 0 Å². The van der Waals surface area contributed by atoms with Crippen LogP contribution in [0.1, 0.15) is 43.3 Å². The van der Waals surface area contributed by atoms with Gasteiger partial charge in [-0.2, -0.15) is 0 Å². The topological polar surface area (TPSA) is 90.7 Å². The zero-order chi connectivity index (χ0) is 18.4. The fourth-order valence-electron chi connectivity index (χ4n) is 3.17. The Labute approximate surface area is 147 Å². The van der Waals surface area contributed by atoms with E-state index in [1.54, 1.807) is 33.1 Å². The number of hydrogen-bond donors (Lipinski definition) is 1. The fraction of sp³-hybridized carbons (Fsp3) is 0.471. The van der Waals surface area contributed by atoms with E-state index in [2.05, 4.69) is 9.88 Å². The molecule has 0 bridgehead atoms. The van der Waals surface area contributed by atoms with Crippen LogP contribution in [0.4, 0.5) is 0 Å². The van der Waals surface area contributed by atoms with Crippen LogP contribution in [0.5, 0.6) is 11.5 Å². The van der Waals surface area contributed by atoms with Gasteiger partial charge in [0.1, 0.15) is 27.7 Å². The van der Waals surface area contributed by atoms with Gasteiger partial charge in [0, 0.05) is 18.1 Å². The molecular weight excluding hydrogens is 344 g/mol. The van der Waals surface area contributed by atoms with Crippen LogP contribution in [0.25, 0.3) is 0 Å². The van der Waals surface area contributed by atoms with E-state index in [4.69, 9.17) is 14.0 Å². The Morgan fingerprint density at radius 2 is 2.04 bits per heavy atom. The molecule has 0 saturated heterocycles. The van der Waals surface area contributed by atoms with Crippen LogP contribution in [-0.2, 0) is 10.0 Å². The van der Waals surface area contributed by atoms with Gasteiger partial charge in [0.15, 0.2) is 5.76 Å². The van der Waals surface area contributed by atoms with Crippen LogP contribution in [0, 0.1) is 13.8 Å². The van der Waals surface area contributed by atoms with Crippen LogP contribution in [0.15, 0.2) is 27.6 Å². The molecule has 1 aliphatic heterocycles. The molecule has 0 spiro atoms. The van der Waals surface area contributed by atoms with Crippen LogP contribution in [-0.4, -0.2) is 26.3 Å². The van der Waals surface area contributed by atoms with Gasteiger partial charge < -0.3 is 14.0 Å². The SMILES string of the molecule is COc1ccc2c(c1)OC(C)(C)CC2NS(=O)(=O)c1c(C)noc1C. The Hall–Kier alpha value is -2.06. The van der Waals surface area contributed by atoms with Crippen molar-refractivity contribution < 1.29 is 22.4 Å². The van der Waals surface area contributed by atoms with Gasteiger partial charge in [0.05, 0.1) is 13.2 Å². The molecule has 1 unspecified atom stereocenters. The molecule has 8 heteroatoms. The number of aryl methyl sites for hydroxylation is 2. The molecule has 7 nitrogen and oxygen atoms in total. The molecule has 1 aromatic heterocycles. The number of hydrogen-bond acceptors (Lipinski definition) is 6. The Kier molecular flexibility index (Phi) is 4.28. The lowest BCUT2D eigenvalue weighted by Gasteiger charge is -2.37. The Morgan fingerprint density at radius 3 is 2.64 bits per heavy atom. The summed E-state index contributed by atoms with van der Waals surface area (Å²) in [5.74, 6) is 1.54. The summed E-state index contributed by atoms with van der Waals surface area (Å²) >= 11 is 0. The van der Waals surface area contributed by atoms with Crippen LogP contribution in [0.2, 0.25) is 0 Å². The van der Waals surface area contributed by atoms with E-state index in [9.17, 15) is 8.42 Å². The first-order valence-corrected chi connectivity index (χ1v) is 9.43. The lowest BCUT2D eigenvalue weighted by Crippen LogP contribution is -2.41. The smallest absolute Gasteiger partial charge is 0.246 e. The number of sulfonamides is 1. The number of methoxy groups -OCH3 is 1. The van der Waals surface area contributed by atoms with Crippen LogP contribution < -0.4 is 14.2 Å². The predicted octanol–water partition coefficient (Wildman–Crippen LogP) is 2.88. The summed E-state index contributed by atoms with van der Waals surface area (Å²) in [5.41, 5.74) is 0.590. The quantitative estimate of drug-likeness (QED) is 0.895. The van der Waals surface area contributed by atoms with Gasteiger partial charge in [-0.15, -0.1) is 0 Å². The Bertz CT molecular complexity index is 882. The van der Waals surface area contributed by atoms with Crippen molar-refractivity contribution in [2.45, 2.75) is 50.7 Å². The highest BCUT2D eigenvalue weighted by Crippen LogP contribution is 2.42. The van der Waals surface area contributed by atoms with Gasteiger partial charge in [-0.1, -0.05) is 11.2 Å². The average molecular weight is 366 g/mol. The van der Waals surface area contributed by atoms with Gasteiger partial charge in [0.2, 0.25) is 10.0 Å². The van der Waals surface area contributed by atoms with Gasteiger partial charge in [-0.05, 0) is 33.8 Å². The standard InChI is InChI=1S/C17H22N2O5S/c1-10-16(11(2)24-18-10)25(20,21)19-14-9-17(3,4)23-15-8-12(22-5)6-7-13(14)15/h6-8,14,19H,9H2,1-5H3. The second kappa shape index (κ2) is 6.03. The first-order chi connectivity index (χ1) is 11.6. The van der Waals surface area contributed by atoms with Crippen LogP contribution >= 0.6 is 0 Å². The molecular formula is C17H22N2O5S. The minimum absolute atomic E-state index is 0.0897. The van der Waals surface area contributed by atoms with Gasteiger partial charge >= 0.3 is 0 Å². The van der Waals surface area contributed by atoms with Crippen molar-refractivity contribution in [3.05, 3.63) is 35.2 Å². The maximum absolute atomic E-state index is 12.9. The van der Waals surface area contributed by atoms with E-state index in [-0.39, 0.29) is 10.7 Å². The van der Waals surface area contributed by atoms with E-state index in [1.807, 2.05) is 19.9 Å². The Balaban J connectivity index is 2.01. The van der Waals surface area contributed by atoms with Crippen molar-refractivity contribution in [2.24, 2.45) is 0 Å². The zero-order valence-corrected chi connectivity index (χ0v) is 15.7. The van der Waals surface area contributed by atoms with Crippen molar-refractivity contribution in [3.8, 4) is 11.5 Å². The molecule has 0 amide bonds. The third-order valence-electron chi connectivity index (χ3n) is 4.21. The molecule has 1 N–H and O–H groups in total. The minimum atomic E-state index is -3.78. The molecule has 25 heavy (non-hydrogen) atoms. The van der Waals surface area contributed by atoms with Crippen LogP contribution in [0.3, 0.4) is 0 Å². The number of nitrogens with zero attached hydrogens (tertiary/aromatic N) is 1. The highest BCUT2D eigenvalue weighted by atomic mass is 32.2. The van der Waals surface area contributed by atoms with Crippen molar-refractivity contribution in [3.63, 3.8) is 0 Å². The monoisotopic (exact) mass is 366 g/mol. The number of nitrogens with one attached hydrogen (secondary N) is 1.